The predicted octanol–water partition coefficient (Wildman–Crippen LogP) is 2.79. The van der Waals surface area contributed by atoms with Gasteiger partial charge in [-0.25, -0.2) is 4.98 Å². The van der Waals surface area contributed by atoms with Gasteiger partial charge in [0.2, 0.25) is 0 Å². The molecule has 3 aromatic rings. The lowest BCUT2D eigenvalue weighted by Crippen LogP contribution is -2.26. The van der Waals surface area contributed by atoms with Crippen LogP contribution in [0, 0.1) is 0 Å². The van der Waals surface area contributed by atoms with E-state index in [4.69, 9.17) is 0 Å². The van der Waals surface area contributed by atoms with Gasteiger partial charge in [-0.05, 0) is 12.3 Å². The van der Waals surface area contributed by atoms with E-state index < -0.39 is 0 Å². The number of aryl methyl sites for hydroxylation is 1. The van der Waals surface area contributed by atoms with Crippen LogP contribution < -0.4 is 10.9 Å². The van der Waals surface area contributed by atoms with E-state index in [9.17, 15) is 9.59 Å². The fourth-order valence-corrected chi connectivity index (χ4v) is 4.00. The summed E-state index contributed by atoms with van der Waals surface area (Å²) in [7, 11) is 1.70. The number of para-hydroxylation sites is 1. The molecule has 0 spiro atoms. The third kappa shape index (κ3) is 3.37. The first-order valence-corrected chi connectivity index (χ1v) is 9.66. The van der Waals surface area contributed by atoms with Gasteiger partial charge in [-0.15, -0.1) is 11.3 Å². The number of pyridine rings is 1. The van der Waals surface area contributed by atoms with E-state index >= 15 is 0 Å². The van der Waals surface area contributed by atoms with Crippen LogP contribution in [0.2, 0.25) is 0 Å². The molecule has 0 radical (unpaired) electrons. The molecule has 2 heterocycles. The highest BCUT2D eigenvalue weighted by molar-refractivity contribution is 7.97. The maximum atomic E-state index is 12.5. The zero-order chi connectivity index (χ0) is 17.1. The molecule has 1 amide bonds. The van der Waals surface area contributed by atoms with Gasteiger partial charge in [-0.3, -0.25) is 9.59 Å². The Hall–Kier alpha value is -2.12. The Morgan fingerprint density at radius 1 is 1.38 bits per heavy atom. The molecule has 0 aliphatic heterocycles. The van der Waals surface area contributed by atoms with E-state index in [-0.39, 0.29) is 11.5 Å². The molecule has 0 saturated carbocycles. The van der Waals surface area contributed by atoms with E-state index in [1.54, 1.807) is 34.7 Å². The van der Waals surface area contributed by atoms with Crippen LogP contribution in [0.1, 0.15) is 21.1 Å². The molecular weight excluding hydrogens is 342 g/mol. The number of amides is 1. The van der Waals surface area contributed by atoms with Crippen molar-refractivity contribution in [2.24, 2.45) is 7.05 Å². The van der Waals surface area contributed by atoms with Crippen molar-refractivity contribution in [1.29, 1.82) is 0 Å². The van der Waals surface area contributed by atoms with Gasteiger partial charge < -0.3 is 9.88 Å². The Morgan fingerprint density at radius 2 is 2.17 bits per heavy atom. The number of nitrogens with one attached hydrogen (secondary N) is 1. The predicted molar refractivity (Wildman–Crippen MR) is 99.7 cm³/mol. The summed E-state index contributed by atoms with van der Waals surface area (Å²) in [4.78, 5) is 29.1. The summed E-state index contributed by atoms with van der Waals surface area (Å²) in [6, 6.07) is 8.79. The van der Waals surface area contributed by atoms with Gasteiger partial charge in [-0.2, -0.15) is 11.8 Å². The molecule has 5 nitrogen and oxygen atoms in total. The number of hydrogen-bond acceptors (Lipinski definition) is 5. The third-order valence-electron chi connectivity index (χ3n) is 3.70. The van der Waals surface area contributed by atoms with Gasteiger partial charge in [0.05, 0.1) is 23.3 Å². The highest BCUT2D eigenvalue weighted by Crippen LogP contribution is 2.17. The Balaban J connectivity index is 1.83. The molecular formula is C17H17N3O2S2. The molecule has 2 aromatic heterocycles. The Morgan fingerprint density at radius 3 is 2.96 bits per heavy atom. The summed E-state index contributed by atoms with van der Waals surface area (Å²) in [5.74, 6) is 0.612. The Labute approximate surface area is 147 Å². The second kappa shape index (κ2) is 7.19. The summed E-state index contributed by atoms with van der Waals surface area (Å²) in [6.45, 7) is 0.354. The number of benzene rings is 1. The summed E-state index contributed by atoms with van der Waals surface area (Å²) in [5.41, 5.74) is 1.78. The van der Waals surface area contributed by atoms with E-state index in [1.165, 1.54) is 6.07 Å². The van der Waals surface area contributed by atoms with Gasteiger partial charge in [0.25, 0.3) is 11.5 Å². The lowest BCUT2D eigenvalue weighted by atomic mass is 10.1. The number of carbonyl (C=O) groups is 1. The lowest BCUT2D eigenvalue weighted by Gasteiger charge is -2.10. The van der Waals surface area contributed by atoms with Crippen LogP contribution in [0.4, 0.5) is 0 Å². The normalized spacial score (nSPS) is 10.9. The molecule has 124 valence electrons. The number of thioether (sulfide) groups is 1. The first-order valence-electron chi connectivity index (χ1n) is 7.39. The van der Waals surface area contributed by atoms with Gasteiger partial charge >= 0.3 is 0 Å². The van der Waals surface area contributed by atoms with Crippen LogP contribution in [-0.2, 0) is 19.3 Å². The fraction of sp³-hybridized carbons (Fsp3) is 0.235. The molecule has 0 aliphatic rings. The molecule has 0 fully saturated rings. The van der Waals surface area contributed by atoms with Crippen molar-refractivity contribution in [3.63, 3.8) is 0 Å². The first kappa shape index (κ1) is 16.7. The van der Waals surface area contributed by atoms with E-state index in [0.717, 1.165) is 27.4 Å². The number of nitrogens with zero attached hydrogens (tertiary/aromatic N) is 2. The van der Waals surface area contributed by atoms with E-state index in [2.05, 4.69) is 10.3 Å². The number of rotatable bonds is 5. The highest BCUT2D eigenvalue weighted by Gasteiger charge is 2.13. The van der Waals surface area contributed by atoms with Crippen LogP contribution in [0.15, 0.2) is 40.5 Å². The summed E-state index contributed by atoms with van der Waals surface area (Å²) in [5, 5.41) is 6.62. The minimum atomic E-state index is -0.261. The van der Waals surface area contributed by atoms with Crippen LogP contribution in [0.3, 0.4) is 0 Å². The molecule has 0 atom stereocenters. The van der Waals surface area contributed by atoms with Crippen LogP contribution in [-0.4, -0.2) is 21.7 Å². The molecule has 1 N–H and O–H groups in total. The summed E-state index contributed by atoms with van der Waals surface area (Å²) < 4.78 is 1.54. The Kier molecular flexibility index (Phi) is 5.01. The average Bonchev–Trinajstić information content (AvgIpc) is 3.04. The van der Waals surface area contributed by atoms with Crippen molar-refractivity contribution in [3.8, 4) is 0 Å². The zero-order valence-electron chi connectivity index (χ0n) is 13.4. The van der Waals surface area contributed by atoms with Crippen LogP contribution >= 0.6 is 23.1 Å². The fourth-order valence-electron chi connectivity index (χ4n) is 2.48. The number of fused-ring (bicyclic) bond motifs is 1. The quantitative estimate of drug-likeness (QED) is 0.761. The number of carbonyl (C=O) groups excluding carboxylic acids is 1. The smallest absolute Gasteiger partial charge is 0.252 e. The van der Waals surface area contributed by atoms with Gasteiger partial charge in [0, 0.05) is 29.6 Å². The van der Waals surface area contributed by atoms with Crippen LogP contribution in [0.25, 0.3) is 10.9 Å². The summed E-state index contributed by atoms with van der Waals surface area (Å²) >= 11 is 3.31. The average molecular weight is 359 g/mol. The second-order valence-electron chi connectivity index (χ2n) is 5.32. The van der Waals surface area contributed by atoms with Crippen molar-refractivity contribution >= 4 is 39.9 Å². The topological polar surface area (TPSA) is 64.0 Å². The van der Waals surface area contributed by atoms with Gasteiger partial charge in [-0.1, -0.05) is 18.2 Å². The first-order chi connectivity index (χ1) is 11.6. The molecule has 0 aliphatic carbocycles. The van der Waals surface area contributed by atoms with Gasteiger partial charge in [0.15, 0.2) is 0 Å². The Bertz CT molecular complexity index is 946. The molecule has 0 unspecified atom stereocenters. The van der Waals surface area contributed by atoms with E-state index in [0.29, 0.717) is 12.1 Å². The minimum Gasteiger partial charge on any atom is -0.346 e. The minimum absolute atomic E-state index is 0.199. The van der Waals surface area contributed by atoms with Gasteiger partial charge in [0.1, 0.15) is 5.01 Å². The molecule has 7 heteroatoms. The number of hydrogen-bond donors (Lipinski definition) is 1. The van der Waals surface area contributed by atoms with Crippen molar-refractivity contribution in [1.82, 2.24) is 14.9 Å². The molecule has 1 aromatic carbocycles. The molecule has 24 heavy (non-hydrogen) atoms. The second-order valence-corrected chi connectivity index (χ2v) is 7.13. The monoisotopic (exact) mass is 359 g/mol. The maximum absolute atomic E-state index is 12.5. The molecule has 0 bridgehead atoms. The summed E-state index contributed by atoms with van der Waals surface area (Å²) in [6.07, 6.45) is 2.03. The standard InChI is InChI=1S/C17H17N3O2S2/c1-20-14-6-4-3-5-12(14)13(7-16(20)21)17(22)18-8-11-9-24-15(19-11)10-23-2/h3-7,9H,8,10H2,1-2H3,(H,18,22). The number of thiazole rings is 1. The maximum Gasteiger partial charge on any atom is 0.252 e. The highest BCUT2D eigenvalue weighted by atomic mass is 32.2. The van der Waals surface area contributed by atoms with Crippen LogP contribution in [0.5, 0.6) is 0 Å². The lowest BCUT2D eigenvalue weighted by molar-refractivity contribution is 0.0952. The van der Waals surface area contributed by atoms with Crippen molar-refractivity contribution in [2.75, 3.05) is 6.26 Å². The SMILES string of the molecule is CSCc1nc(CNC(=O)c2cc(=O)n(C)c3ccccc23)cs1. The van der Waals surface area contributed by atoms with Crippen molar-refractivity contribution in [2.45, 2.75) is 12.3 Å². The molecule has 3 rings (SSSR count). The zero-order valence-corrected chi connectivity index (χ0v) is 15.0. The largest absolute Gasteiger partial charge is 0.346 e. The van der Waals surface area contributed by atoms with Crippen molar-refractivity contribution < 1.29 is 4.79 Å². The van der Waals surface area contributed by atoms with E-state index in [1.807, 2.05) is 35.9 Å². The number of aromatic nitrogens is 2. The third-order valence-corrected chi connectivity index (χ3v) is 5.34. The molecule has 0 saturated heterocycles. The van der Waals surface area contributed by atoms with Crippen molar-refractivity contribution in [3.05, 3.63) is 62.3 Å².